The Bertz CT molecular complexity index is 665. The molecule has 0 aromatic heterocycles. The fourth-order valence-corrected chi connectivity index (χ4v) is 5.87. The van der Waals surface area contributed by atoms with Crippen LogP contribution in [0.2, 0.25) is 0 Å². The molecule has 1 heterocycles. The molecule has 3 aliphatic carbocycles. The molecule has 228 valence electrons. The van der Waals surface area contributed by atoms with Gasteiger partial charge >= 0.3 is 0 Å². The summed E-state index contributed by atoms with van der Waals surface area (Å²) in [5, 5.41) is 0. The van der Waals surface area contributed by atoms with Crippen molar-refractivity contribution in [3.05, 3.63) is 0 Å². The van der Waals surface area contributed by atoms with E-state index in [0.717, 1.165) is 23.7 Å². The van der Waals surface area contributed by atoms with E-state index in [9.17, 15) is 8.78 Å². The van der Waals surface area contributed by atoms with Crippen LogP contribution in [0.3, 0.4) is 0 Å². The summed E-state index contributed by atoms with van der Waals surface area (Å²) in [6, 6.07) is 0. The second kappa shape index (κ2) is 13.2. The molecular formula is C34H67F2NO. The predicted molar refractivity (Wildman–Crippen MR) is 162 cm³/mol. The van der Waals surface area contributed by atoms with Crippen LogP contribution in [0.1, 0.15) is 129 Å². The Balaban J connectivity index is 0.000000254. The number of methoxy groups -OCH3 is 1. The minimum atomic E-state index is -2.35. The molecule has 0 radical (unpaired) electrons. The quantitative estimate of drug-likeness (QED) is 0.326. The zero-order chi connectivity index (χ0) is 29.9. The van der Waals surface area contributed by atoms with Crippen LogP contribution in [0.15, 0.2) is 0 Å². The van der Waals surface area contributed by atoms with E-state index in [1.807, 2.05) is 20.8 Å². The number of halogens is 2. The normalized spacial score (nSPS) is 31.3. The fourth-order valence-electron chi connectivity index (χ4n) is 5.87. The molecule has 0 spiro atoms. The van der Waals surface area contributed by atoms with Crippen LogP contribution in [-0.4, -0.2) is 44.2 Å². The van der Waals surface area contributed by atoms with E-state index in [1.54, 1.807) is 7.11 Å². The van der Waals surface area contributed by atoms with Crippen LogP contribution < -0.4 is 0 Å². The topological polar surface area (TPSA) is 12.5 Å². The standard InChI is InChI=1S/C9H19N.C9H18.C8H14F2.C8H16O/c1-9(2,3)8-5-6-10(4)7-8;1-7-5-8(6-7)9(2,3)4;1-7(2,3)6-4-8(9,10)5-6;1-8(2,3)6-5-7(6)9-4/h8H,5-7H2,1-4H3;7-8H,5-6H2,1-4H3;6H,4-5H2,1-3H3;6-7H,5H2,1-4H3. The molecule has 4 heteroatoms. The molecule has 1 saturated heterocycles. The van der Waals surface area contributed by atoms with Gasteiger partial charge in [-0.1, -0.05) is 90.0 Å². The minimum absolute atomic E-state index is 0.0711. The van der Waals surface area contributed by atoms with Gasteiger partial charge in [0.2, 0.25) is 5.92 Å². The Morgan fingerprint density at radius 1 is 0.684 bits per heavy atom. The summed E-state index contributed by atoms with van der Waals surface area (Å²) in [7, 11) is 4.02. The lowest BCUT2D eigenvalue weighted by atomic mass is 9.64. The SMILES string of the molecule is CC(C)(C)C1CC(F)(F)C1.CC1CC(C(C)(C)C)C1.CN1CCC(C(C)(C)C)C1.COC1CC1C(C)(C)C. The number of ether oxygens (including phenoxy) is 1. The summed E-state index contributed by atoms with van der Waals surface area (Å²) in [4.78, 5) is 2.43. The first kappa shape index (κ1) is 35.8. The summed E-state index contributed by atoms with van der Waals surface area (Å²) in [6.07, 6.45) is 6.32. The van der Waals surface area contributed by atoms with Gasteiger partial charge in [-0.05, 0) is 90.5 Å². The molecular weight excluding hydrogens is 476 g/mol. The molecule has 0 N–H and O–H groups in total. The Hall–Kier alpha value is -0.220. The highest BCUT2D eigenvalue weighted by molar-refractivity contribution is 4.95. The second-order valence-electron chi connectivity index (χ2n) is 17.6. The van der Waals surface area contributed by atoms with Gasteiger partial charge in [0, 0.05) is 26.5 Å². The van der Waals surface area contributed by atoms with Crippen molar-refractivity contribution in [1.82, 2.24) is 4.90 Å². The van der Waals surface area contributed by atoms with E-state index in [1.165, 1.54) is 38.8 Å². The number of nitrogens with zero attached hydrogens (tertiary/aromatic N) is 1. The molecule has 3 atom stereocenters. The van der Waals surface area contributed by atoms with Gasteiger partial charge in [-0.3, -0.25) is 0 Å². The molecule has 1 aliphatic heterocycles. The Morgan fingerprint density at radius 2 is 1.13 bits per heavy atom. The van der Waals surface area contributed by atoms with Crippen LogP contribution in [0, 0.1) is 51.2 Å². The predicted octanol–water partition coefficient (Wildman–Crippen LogP) is 10.2. The largest absolute Gasteiger partial charge is 0.381 e. The van der Waals surface area contributed by atoms with E-state index in [-0.39, 0.29) is 24.2 Å². The lowest BCUT2D eigenvalue weighted by Gasteiger charge is -2.43. The van der Waals surface area contributed by atoms with Crippen molar-refractivity contribution in [2.45, 2.75) is 141 Å². The maximum atomic E-state index is 12.3. The van der Waals surface area contributed by atoms with Gasteiger partial charge in [-0.15, -0.1) is 0 Å². The summed E-state index contributed by atoms with van der Waals surface area (Å²) in [5.41, 5.74) is 1.62. The second-order valence-corrected chi connectivity index (χ2v) is 17.6. The van der Waals surface area contributed by atoms with E-state index >= 15 is 0 Å². The summed E-state index contributed by atoms with van der Waals surface area (Å²) < 4.78 is 29.8. The third kappa shape index (κ3) is 12.5. The first-order chi connectivity index (χ1) is 16.9. The Labute approximate surface area is 237 Å². The zero-order valence-electron chi connectivity index (χ0n) is 28.2. The molecule has 4 fully saturated rings. The van der Waals surface area contributed by atoms with Gasteiger partial charge in [0.25, 0.3) is 0 Å². The van der Waals surface area contributed by atoms with Crippen LogP contribution in [0.25, 0.3) is 0 Å². The lowest BCUT2D eigenvalue weighted by molar-refractivity contribution is -0.138. The van der Waals surface area contributed by atoms with Crippen LogP contribution in [0.4, 0.5) is 8.78 Å². The highest BCUT2D eigenvalue weighted by Crippen LogP contribution is 2.50. The Morgan fingerprint density at radius 3 is 1.26 bits per heavy atom. The van der Waals surface area contributed by atoms with E-state index < -0.39 is 5.92 Å². The van der Waals surface area contributed by atoms with Crippen molar-refractivity contribution in [1.29, 1.82) is 0 Å². The smallest absolute Gasteiger partial charge is 0.248 e. The van der Waals surface area contributed by atoms with E-state index in [0.29, 0.717) is 22.3 Å². The fraction of sp³-hybridized carbons (Fsp3) is 1.00. The van der Waals surface area contributed by atoms with Gasteiger partial charge < -0.3 is 9.64 Å². The molecule has 0 bridgehead atoms. The van der Waals surface area contributed by atoms with Crippen molar-refractivity contribution in [3.8, 4) is 0 Å². The molecule has 38 heavy (non-hydrogen) atoms. The number of likely N-dealkylation sites (tertiary alicyclic amines) is 1. The molecule has 3 unspecified atom stereocenters. The number of hydrogen-bond donors (Lipinski definition) is 0. The summed E-state index contributed by atoms with van der Waals surface area (Å²) >= 11 is 0. The van der Waals surface area contributed by atoms with Gasteiger partial charge in [0.15, 0.2) is 0 Å². The third-order valence-corrected chi connectivity index (χ3v) is 9.68. The summed E-state index contributed by atoms with van der Waals surface area (Å²) in [5.74, 6) is 1.61. The van der Waals surface area contributed by atoms with Crippen LogP contribution in [-0.2, 0) is 4.74 Å². The molecule has 2 nitrogen and oxygen atoms in total. The van der Waals surface area contributed by atoms with Crippen molar-refractivity contribution in [2.75, 3.05) is 27.2 Å². The number of alkyl halides is 2. The molecule has 4 rings (SSSR count). The molecule has 4 aliphatic rings. The molecule has 0 amide bonds. The molecule has 0 aromatic carbocycles. The molecule has 3 saturated carbocycles. The first-order valence-corrected chi connectivity index (χ1v) is 15.5. The van der Waals surface area contributed by atoms with Crippen molar-refractivity contribution in [2.24, 2.45) is 51.2 Å². The Kier molecular flexibility index (Phi) is 12.4. The van der Waals surface area contributed by atoms with Crippen LogP contribution in [0.5, 0.6) is 0 Å². The number of hydrogen-bond acceptors (Lipinski definition) is 2. The lowest BCUT2D eigenvalue weighted by Crippen LogP contribution is -2.42. The minimum Gasteiger partial charge on any atom is -0.381 e. The van der Waals surface area contributed by atoms with Crippen LogP contribution >= 0.6 is 0 Å². The maximum absolute atomic E-state index is 12.3. The maximum Gasteiger partial charge on any atom is 0.248 e. The average Bonchev–Trinajstić information content (AvgIpc) is 3.36. The van der Waals surface area contributed by atoms with E-state index in [4.69, 9.17) is 4.74 Å². The molecule has 0 aromatic rings. The van der Waals surface area contributed by atoms with Crippen molar-refractivity contribution in [3.63, 3.8) is 0 Å². The number of rotatable bonds is 1. The van der Waals surface area contributed by atoms with Gasteiger partial charge in [-0.2, -0.15) is 0 Å². The highest BCUT2D eigenvalue weighted by atomic mass is 19.3. The average molecular weight is 544 g/mol. The van der Waals surface area contributed by atoms with E-state index in [2.05, 4.69) is 81.2 Å². The monoisotopic (exact) mass is 544 g/mol. The first-order valence-electron chi connectivity index (χ1n) is 15.5. The van der Waals surface area contributed by atoms with Gasteiger partial charge in [0.05, 0.1) is 6.10 Å². The zero-order valence-corrected chi connectivity index (χ0v) is 28.2. The van der Waals surface area contributed by atoms with Gasteiger partial charge in [0.1, 0.15) is 0 Å². The summed E-state index contributed by atoms with van der Waals surface area (Å²) in [6.45, 7) is 31.9. The highest BCUT2D eigenvalue weighted by Gasteiger charge is 2.49. The third-order valence-electron chi connectivity index (χ3n) is 9.68. The van der Waals surface area contributed by atoms with Crippen molar-refractivity contribution >= 4 is 0 Å². The van der Waals surface area contributed by atoms with Gasteiger partial charge in [-0.25, -0.2) is 8.78 Å². The van der Waals surface area contributed by atoms with Crippen molar-refractivity contribution < 1.29 is 13.5 Å².